The van der Waals surface area contributed by atoms with Crippen LogP contribution in [0.25, 0.3) is 0 Å². The molecule has 12 N–H and O–H groups in total. The quantitative estimate of drug-likeness (QED) is 0.168. The second-order valence-corrected chi connectivity index (χ2v) is 7.95. The summed E-state index contributed by atoms with van der Waals surface area (Å²) in [4.78, 5) is 40.6. The molecule has 14 nitrogen and oxygen atoms in total. The van der Waals surface area contributed by atoms with Crippen molar-refractivity contribution in [1.29, 1.82) is 0 Å². The van der Waals surface area contributed by atoms with Gasteiger partial charge in [-0.3, -0.25) is 19.2 Å². The smallest absolute Gasteiger partial charge is 0.480 e. The predicted molar refractivity (Wildman–Crippen MR) is 122 cm³/mol. The van der Waals surface area contributed by atoms with Crippen molar-refractivity contribution in [2.75, 3.05) is 26.2 Å². The first-order valence-electron chi connectivity index (χ1n) is 11.1. The molecule has 0 aliphatic carbocycles. The number of hydrogen-bond acceptors (Lipinski definition) is 8. The third-order valence-electron chi connectivity index (χ3n) is 5.43. The van der Waals surface area contributed by atoms with Gasteiger partial charge in [0.1, 0.15) is 24.2 Å². The SMILES string of the molecule is O.O.O=C(O)C1CCCN1.O=C(O)C1CCCN1.O=C(O)C1CCCN1.O=C(O)C1CCCN1.[Cr+2].[Cr+2]. The molecular weight excluding hydrogens is 560 g/mol. The summed E-state index contributed by atoms with van der Waals surface area (Å²) in [5.41, 5.74) is 0. The van der Waals surface area contributed by atoms with E-state index in [-0.39, 0.29) is 69.8 Å². The van der Waals surface area contributed by atoms with Crippen LogP contribution in [0.4, 0.5) is 0 Å². The normalized spacial score (nSPS) is 25.1. The molecular formula is C20H40Cr2N4O10+4. The van der Waals surface area contributed by atoms with E-state index in [1.807, 2.05) is 0 Å². The summed E-state index contributed by atoms with van der Waals surface area (Å²) in [5.74, 6) is -2.88. The Bertz CT molecular complexity index is 505. The Balaban J connectivity index is -0.000000183. The van der Waals surface area contributed by atoms with Gasteiger partial charge in [0.15, 0.2) is 0 Å². The number of aliphatic carboxylic acids is 4. The third kappa shape index (κ3) is 18.0. The molecule has 208 valence electrons. The summed E-state index contributed by atoms with van der Waals surface area (Å²) in [6, 6.07) is -1.07. The van der Waals surface area contributed by atoms with E-state index in [1.165, 1.54) is 0 Å². The maximum absolute atomic E-state index is 10.1. The predicted octanol–water partition coefficient (Wildman–Crippen LogP) is -2.36. The minimum atomic E-state index is -0.720. The van der Waals surface area contributed by atoms with Crippen molar-refractivity contribution in [2.45, 2.75) is 75.5 Å². The van der Waals surface area contributed by atoms with Gasteiger partial charge >= 0.3 is 58.6 Å². The molecule has 4 atom stereocenters. The second kappa shape index (κ2) is 24.1. The van der Waals surface area contributed by atoms with E-state index in [1.54, 1.807) is 0 Å². The van der Waals surface area contributed by atoms with E-state index in [9.17, 15) is 19.2 Å². The minimum Gasteiger partial charge on any atom is -0.480 e. The zero-order chi connectivity index (χ0) is 23.9. The van der Waals surface area contributed by atoms with E-state index < -0.39 is 23.9 Å². The summed E-state index contributed by atoms with van der Waals surface area (Å²) >= 11 is 0. The van der Waals surface area contributed by atoms with Gasteiger partial charge in [0.05, 0.1) is 0 Å². The molecule has 0 bridgehead atoms. The zero-order valence-electron chi connectivity index (χ0n) is 20.0. The van der Waals surface area contributed by atoms with Crippen LogP contribution in [-0.2, 0) is 53.9 Å². The molecule has 0 amide bonds. The van der Waals surface area contributed by atoms with Crippen LogP contribution in [0.2, 0.25) is 0 Å². The first-order valence-corrected chi connectivity index (χ1v) is 11.1. The molecule has 4 saturated heterocycles. The zero-order valence-corrected chi connectivity index (χ0v) is 22.6. The second-order valence-electron chi connectivity index (χ2n) is 7.95. The molecule has 0 spiro atoms. The van der Waals surface area contributed by atoms with Gasteiger partial charge < -0.3 is 52.6 Å². The molecule has 0 aromatic heterocycles. The molecule has 4 heterocycles. The van der Waals surface area contributed by atoms with Gasteiger partial charge in [-0.05, 0) is 77.5 Å². The molecule has 36 heavy (non-hydrogen) atoms. The molecule has 0 radical (unpaired) electrons. The molecule has 16 heteroatoms. The summed E-state index contributed by atoms with van der Waals surface area (Å²) in [7, 11) is 0. The Morgan fingerprint density at radius 2 is 0.611 bits per heavy atom. The van der Waals surface area contributed by atoms with Crippen molar-refractivity contribution in [3.63, 3.8) is 0 Å². The maximum atomic E-state index is 10.1. The average Bonchev–Trinajstić information content (AvgIpc) is 3.56. The van der Waals surface area contributed by atoms with E-state index in [2.05, 4.69) is 21.3 Å². The fourth-order valence-corrected chi connectivity index (χ4v) is 3.58. The molecule has 4 aliphatic rings. The van der Waals surface area contributed by atoms with E-state index in [0.717, 1.165) is 77.5 Å². The number of carbonyl (C=O) groups is 4. The molecule has 4 aliphatic heterocycles. The summed E-state index contributed by atoms with van der Waals surface area (Å²) in [6.07, 6.45) is 7.14. The van der Waals surface area contributed by atoms with Crippen LogP contribution in [0.5, 0.6) is 0 Å². The van der Waals surface area contributed by atoms with Crippen molar-refractivity contribution in [2.24, 2.45) is 0 Å². The van der Waals surface area contributed by atoms with Gasteiger partial charge in [-0.15, -0.1) is 0 Å². The van der Waals surface area contributed by atoms with Gasteiger partial charge in [0.2, 0.25) is 0 Å². The van der Waals surface area contributed by atoms with Crippen LogP contribution in [-0.4, -0.2) is 106 Å². The molecule has 4 fully saturated rings. The molecule has 0 saturated carbocycles. The van der Waals surface area contributed by atoms with Gasteiger partial charge in [-0.2, -0.15) is 0 Å². The van der Waals surface area contributed by atoms with Crippen LogP contribution in [0.15, 0.2) is 0 Å². The number of hydrogen-bond donors (Lipinski definition) is 8. The number of carboxylic acids is 4. The standard InChI is InChI=1S/4C5H9NO2.2Cr.2H2O/c4*7-5(8)4-2-1-3-6-4;;;;/h4*4,6H,1-3H2,(H,7,8);;;2*1H2/q;;;;2*+2;;. The average molecular weight is 601 g/mol. The minimum absolute atomic E-state index is 0. The summed E-state index contributed by atoms with van der Waals surface area (Å²) in [5, 5.41) is 44.8. The molecule has 0 aromatic rings. The summed E-state index contributed by atoms with van der Waals surface area (Å²) in [6.45, 7) is 3.43. The van der Waals surface area contributed by atoms with Crippen molar-refractivity contribution in [3.8, 4) is 0 Å². The molecule has 0 aromatic carbocycles. The monoisotopic (exact) mass is 600 g/mol. The van der Waals surface area contributed by atoms with Crippen molar-refractivity contribution in [3.05, 3.63) is 0 Å². The Morgan fingerprint density at radius 3 is 0.667 bits per heavy atom. The first kappa shape index (κ1) is 41.8. The Kier molecular flexibility index (Phi) is 28.0. The van der Waals surface area contributed by atoms with Crippen LogP contribution in [0, 0.1) is 0 Å². The topological polar surface area (TPSA) is 260 Å². The van der Waals surface area contributed by atoms with Crippen LogP contribution in [0.3, 0.4) is 0 Å². The van der Waals surface area contributed by atoms with Gasteiger partial charge in [-0.1, -0.05) is 0 Å². The number of carboxylic acid groups (broad SMARTS) is 4. The van der Waals surface area contributed by atoms with Gasteiger partial charge in [0.25, 0.3) is 0 Å². The Morgan fingerprint density at radius 1 is 0.444 bits per heavy atom. The fraction of sp³-hybridized carbons (Fsp3) is 0.800. The Hall–Kier alpha value is -1.30. The van der Waals surface area contributed by atoms with Crippen molar-refractivity contribution in [1.82, 2.24) is 21.3 Å². The van der Waals surface area contributed by atoms with Crippen LogP contribution in [0.1, 0.15) is 51.4 Å². The molecule has 4 rings (SSSR count). The molecule has 4 unspecified atom stereocenters. The van der Waals surface area contributed by atoms with Crippen molar-refractivity contribution >= 4 is 23.9 Å². The number of nitrogens with one attached hydrogen (secondary N) is 4. The summed E-state index contributed by atoms with van der Waals surface area (Å²) < 4.78 is 0. The third-order valence-corrected chi connectivity index (χ3v) is 5.43. The largest absolute Gasteiger partial charge is 2.00 e. The first-order chi connectivity index (χ1) is 15.2. The van der Waals surface area contributed by atoms with E-state index in [4.69, 9.17) is 20.4 Å². The fourth-order valence-electron chi connectivity index (χ4n) is 3.58. The number of rotatable bonds is 4. The maximum Gasteiger partial charge on any atom is 2.00 e. The van der Waals surface area contributed by atoms with Crippen LogP contribution < -0.4 is 21.3 Å². The van der Waals surface area contributed by atoms with Gasteiger partial charge in [0, 0.05) is 0 Å². The van der Waals surface area contributed by atoms with Gasteiger partial charge in [-0.25, -0.2) is 0 Å². The van der Waals surface area contributed by atoms with Crippen LogP contribution >= 0.6 is 0 Å². The Labute approximate surface area is 231 Å². The van der Waals surface area contributed by atoms with E-state index >= 15 is 0 Å². The van der Waals surface area contributed by atoms with E-state index in [0.29, 0.717) is 0 Å². The van der Waals surface area contributed by atoms with Crippen molar-refractivity contribution < 1.29 is 85.3 Å².